The van der Waals surface area contributed by atoms with Crippen molar-refractivity contribution < 1.29 is 0 Å². The van der Waals surface area contributed by atoms with E-state index in [2.05, 4.69) is 72.8 Å². The third-order valence-corrected chi connectivity index (χ3v) is 4.46. The standard InChI is InChI=1S/C20H18/c1-2-7-17(8-3-1)20-14-19(20)13-15-10-11-16-6-4-5-9-18(16)12-15/h1-12,19-20H,13-14H2/t19-,20-/m0/s1. The van der Waals surface area contributed by atoms with Gasteiger partial charge in [0.2, 0.25) is 0 Å². The molecule has 1 aliphatic carbocycles. The minimum Gasteiger partial charge on any atom is -0.0622 e. The molecule has 98 valence electrons. The Hall–Kier alpha value is -2.08. The van der Waals surface area contributed by atoms with Crippen LogP contribution in [0.2, 0.25) is 0 Å². The summed E-state index contributed by atoms with van der Waals surface area (Å²) in [6.07, 6.45) is 2.56. The van der Waals surface area contributed by atoms with E-state index in [1.807, 2.05) is 0 Å². The van der Waals surface area contributed by atoms with Crippen LogP contribution >= 0.6 is 0 Å². The lowest BCUT2D eigenvalue weighted by atomic mass is 10.0. The van der Waals surface area contributed by atoms with Crippen molar-refractivity contribution in [2.75, 3.05) is 0 Å². The van der Waals surface area contributed by atoms with E-state index in [9.17, 15) is 0 Å². The van der Waals surface area contributed by atoms with Crippen molar-refractivity contribution in [3.63, 3.8) is 0 Å². The highest BCUT2D eigenvalue weighted by Crippen LogP contribution is 2.49. The quantitative estimate of drug-likeness (QED) is 0.606. The average Bonchev–Trinajstić information content (AvgIpc) is 3.27. The molecule has 0 heterocycles. The molecule has 20 heavy (non-hydrogen) atoms. The summed E-state index contributed by atoms with van der Waals surface area (Å²) >= 11 is 0. The second-order valence-corrected chi connectivity index (χ2v) is 5.90. The summed E-state index contributed by atoms with van der Waals surface area (Å²) in [5, 5.41) is 2.70. The first kappa shape index (κ1) is 11.7. The summed E-state index contributed by atoms with van der Waals surface area (Å²) in [4.78, 5) is 0. The van der Waals surface area contributed by atoms with Crippen LogP contribution in [0.15, 0.2) is 72.8 Å². The average molecular weight is 258 g/mol. The maximum atomic E-state index is 2.36. The molecule has 0 heteroatoms. The molecule has 0 N–H and O–H groups in total. The van der Waals surface area contributed by atoms with Crippen LogP contribution in [0.1, 0.15) is 23.5 Å². The topological polar surface area (TPSA) is 0 Å². The van der Waals surface area contributed by atoms with Gasteiger partial charge in [0.15, 0.2) is 0 Å². The number of rotatable bonds is 3. The second kappa shape index (κ2) is 4.79. The van der Waals surface area contributed by atoms with E-state index in [4.69, 9.17) is 0 Å². The lowest BCUT2D eigenvalue weighted by molar-refractivity contribution is 0.796. The molecule has 1 fully saturated rings. The minimum atomic E-state index is 0.780. The third-order valence-electron chi connectivity index (χ3n) is 4.46. The Kier molecular flexibility index (Phi) is 2.81. The summed E-state index contributed by atoms with van der Waals surface area (Å²) in [6.45, 7) is 0. The van der Waals surface area contributed by atoms with Crippen LogP contribution in [-0.4, -0.2) is 0 Å². The van der Waals surface area contributed by atoms with Gasteiger partial charge in [0.05, 0.1) is 0 Å². The molecular formula is C20H18. The van der Waals surface area contributed by atoms with Crippen molar-refractivity contribution in [1.82, 2.24) is 0 Å². The van der Waals surface area contributed by atoms with Gasteiger partial charge >= 0.3 is 0 Å². The van der Waals surface area contributed by atoms with Gasteiger partial charge < -0.3 is 0 Å². The molecule has 0 nitrogen and oxygen atoms in total. The fraction of sp³-hybridized carbons (Fsp3) is 0.200. The van der Waals surface area contributed by atoms with Crippen LogP contribution in [-0.2, 0) is 6.42 Å². The molecule has 3 aromatic carbocycles. The summed E-state index contributed by atoms with van der Waals surface area (Å²) in [5.74, 6) is 1.61. The molecule has 2 atom stereocenters. The number of hydrogen-bond donors (Lipinski definition) is 0. The summed E-state index contributed by atoms with van der Waals surface area (Å²) in [5.41, 5.74) is 2.99. The number of fused-ring (bicyclic) bond motifs is 1. The lowest BCUT2D eigenvalue weighted by Crippen LogP contribution is -1.90. The molecule has 0 saturated heterocycles. The van der Waals surface area contributed by atoms with E-state index in [1.165, 1.54) is 34.7 Å². The normalized spacial score (nSPS) is 21.0. The molecule has 1 aliphatic rings. The molecule has 4 rings (SSSR count). The Morgan fingerprint density at radius 1 is 0.750 bits per heavy atom. The van der Waals surface area contributed by atoms with E-state index < -0.39 is 0 Å². The first-order valence-corrected chi connectivity index (χ1v) is 7.43. The number of benzene rings is 3. The fourth-order valence-corrected chi connectivity index (χ4v) is 3.25. The first-order valence-electron chi connectivity index (χ1n) is 7.43. The van der Waals surface area contributed by atoms with Gasteiger partial charge in [0, 0.05) is 0 Å². The number of hydrogen-bond acceptors (Lipinski definition) is 0. The van der Waals surface area contributed by atoms with Gasteiger partial charge in [-0.15, -0.1) is 0 Å². The largest absolute Gasteiger partial charge is 0.0622 e. The van der Waals surface area contributed by atoms with Crippen molar-refractivity contribution >= 4 is 10.8 Å². The smallest absolute Gasteiger partial charge is 0.0127 e. The zero-order valence-corrected chi connectivity index (χ0v) is 11.5. The molecule has 0 spiro atoms. The van der Waals surface area contributed by atoms with Crippen molar-refractivity contribution in [3.05, 3.63) is 83.9 Å². The predicted molar refractivity (Wildman–Crippen MR) is 84.9 cm³/mol. The Bertz CT molecular complexity index is 727. The van der Waals surface area contributed by atoms with Crippen LogP contribution in [0.25, 0.3) is 10.8 Å². The Balaban J connectivity index is 1.52. The predicted octanol–water partition coefficient (Wildman–Crippen LogP) is 5.19. The molecule has 3 aromatic rings. The molecule has 0 aliphatic heterocycles. The van der Waals surface area contributed by atoms with Crippen molar-refractivity contribution in [1.29, 1.82) is 0 Å². The second-order valence-electron chi connectivity index (χ2n) is 5.90. The van der Waals surface area contributed by atoms with Crippen molar-refractivity contribution in [2.24, 2.45) is 5.92 Å². The molecular weight excluding hydrogens is 240 g/mol. The van der Waals surface area contributed by atoms with Gasteiger partial charge in [-0.3, -0.25) is 0 Å². The van der Waals surface area contributed by atoms with Crippen molar-refractivity contribution in [3.8, 4) is 0 Å². The van der Waals surface area contributed by atoms with Gasteiger partial charge in [0.1, 0.15) is 0 Å². The Morgan fingerprint density at radius 2 is 1.50 bits per heavy atom. The van der Waals surface area contributed by atoms with E-state index in [1.54, 1.807) is 0 Å². The minimum absolute atomic E-state index is 0.780. The van der Waals surface area contributed by atoms with Crippen LogP contribution in [0.3, 0.4) is 0 Å². The summed E-state index contributed by atoms with van der Waals surface area (Å²) in [7, 11) is 0. The van der Waals surface area contributed by atoms with E-state index in [0.29, 0.717) is 0 Å². The molecule has 0 aromatic heterocycles. The Labute approximate surface area is 120 Å². The summed E-state index contributed by atoms with van der Waals surface area (Å²) in [6, 6.07) is 26.5. The first-order chi connectivity index (χ1) is 9.90. The maximum Gasteiger partial charge on any atom is -0.0127 e. The van der Waals surface area contributed by atoms with Gasteiger partial charge in [-0.1, -0.05) is 72.8 Å². The van der Waals surface area contributed by atoms with Gasteiger partial charge in [-0.2, -0.15) is 0 Å². The highest BCUT2D eigenvalue weighted by molar-refractivity contribution is 5.83. The highest BCUT2D eigenvalue weighted by Gasteiger charge is 2.37. The molecule has 0 amide bonds. The Morgan fingerprint density at radius 3 is 2.35 bits per heavy atom. The van der Waals surface area contributed by atoms with Crippen molar-refractivity contribution in [2.45, 2.75) is 18.8 Å². The molecule has 1 saturated carbocycles. The van der Waals surface area contributed by atoms with E-state index in [-0.39, 0.29) is 0 Å². The zero-order valence-electron chi connectivity index (χ0n) is 11.5. The van der Waals surface area contributed by atoms with E-state index >= 15 is 0 Å². The summed E-state index contributed by atoms with van der Waals surface area (Å²) < 4.78 is 0. The monoisotopic (exact) mass is 258 g/mol. The van der Waals surface area contributed by atoms with Gasteiger partial charge in [-0.25, -0.2) is 0 Å². The van der Waals surface area contributed by atoms with Crippen LogP contribution in [0.5, 0.6) is 0 Å². The molecule has 0 bridgehead atoms. The lowest BCUT2D eigenvalue weighted by Gasteiger charge is -2.04. The molecule has 0 unspecified atom stereocenters. The third kappa shape index (κ3) is 2.22. The van der Waals surface area contributed by atoms with Crippen LogP contribution < -0.4 is 0 Å². The zero-order chi connectivity index (χ0) is 13.4. The SMILES string of the molecule is c1ccc([C@@H]2C[C@@H]2Cc2ccc3ccccc3c2)cc1. The fourth-order valence-electron chi connectivity index (χ4n) is 3.25. The van der Waals surface area contributed by atoms with Gasteiger partial charge in [0.25, 0.3) is 0 Å². The van der Waals surface area contributed by atoms with Gasteiger partial charge in [-0.05, 0) is 46.6 Å². The van der Waals surface area contributed by atoms with Crippen LogP contribution in [0, 0.1) is 5.92 Å². The highest BCUT2D eigenvalue weighted by atomic mass is 14.4. The van der Waals surface area contributed by atoms with E-state index in [0.717, 1.165) is 11.8 Å². The molecule has 0 radical (unpaired) electrons. The van der Waals surface area contributed by atoms with Crippen LogP contribution in [0.4, 0.5) is 0 Å². The maximum absolute atomic E-state index is 2.36.